The Labute approximate surface area is 156 Å². The first-order valence-corrected chi connectivity index (χ1v) is 9.68. The highest BCUT2D eigenvalue weighted by molar-refractivity contribution is 5.66. The fourth-order valence-corrected chi connectivity index (χ4v) is 3.01. The van der Waals surface area contributed by atoms with Crippen LogP contribution in [0.25, 0.3) is 0 Å². The lowest BCUT2D eigenvalue weighted by atomic mass is 10.0. The quantitative estimate of drug-likeness (QED) is 0.293. The van der Waals surface area contributed by atoms with Gasteiger partial charge >= 0.3 is 5.97 Å². The molecule has 1 saturated heterocycles. The molecule has 0 bridgehead atoms. The minimum Gasteiger partial charge on any atom is -0.481 e. The predicted molar refractivity (Wildman–Crippen MR) is 99.8 cm³/mol. The number of hydrogen-bond donors (Lipinski definition) is 4. The molecule has 4 N–H and O–H groups in total. The number of ether oxygens (including phenoxy) is 1. The van der Waals surface area contributed by atoms with Crippen LogP contribution in [0.15, 0.2) is 24.3 Å². The largest absolute Gasteiger partial charge is 0.481 e. The van der Waals surface area contributed by atoms with Gasteiger partial charge in [0.05, 0.1) is 30.5 Å². The summed E-state index contributed by atoms with van der Waals surface area (Å²) in [6, 6.07) is 0. The van der Waals surface area contributed by atoms with Gasteiger partial charge in [-0.1, -0.05) is 44.1 Å². The summed E-state index contributed by atoms with van der Waals surface area (Å²) < 4.78 is 5.65. The highest BCUT2D eigenvalue weighted by atomic mass is 16.5. The van der Waals surface area contributed by atoms with E-state index in [1.165, 1.54) is 18.9 Å². The van der Waals surface area contributed by atoms with Gasteiger partial charge in [-0.3, -0.25) is 4.79 Å². The molecule has 0 saturated carbocycles. The number of rotatable bonds is 13. The summed E-state index contributed by atoms with van der Waals surface area (Å²) in [4.78, 5) is 10.5. The lowest BCUT2D eigenvalue weighted by Crippen LogP contribution is -2.25. The van der Waals surface area contributed by atoms with Crippen LogP contribution in [-0.2, 0) is 9.53 Å². The maximum Gasteiger partial charge on any atom is 0.303 e. The second kappa shape index (κ2) is 13.0. The van der Waals surface area contributed by atoms with Crippen LogP contribution in [0.1, 0.15) is 64.7 Å². The van der Waals surface area contributed by atoms with Crippen LogP contribution in [0.2, 0.25) is 0 Å². The van der Waals surface area contributed by atoms with Crippen LogP contribution in [0.5, 0.6) is 0 Å². The normalized spacial score (nSPS) is 25.9. The number of carboxylic acids is 1. The third kappa shape index (κ3) is 9.48. The summed E-state index contributed by atoms with van der Waals surface area (Å²) in [6.07, 6.45) is 10.1. The number of aliphatic carboxylic acids is 1. The third-order valence-electron chi connectivity index (χ3n) is 4.56. The summed E-state index contributed by atoms with van der Waals surface area (Å²) >= 11 is 0. The van der Waals surface area contributed by atoms with Crippen LogP contribution in [0, 0.1) is 0 Å². The second-order valence-electron chi connectivity index (χ2n) is 6.95. The first-order valence-electron chi connectivity index (χ1n) is 9.68. The van der Waals surface area contributed by atoms with Crippen LogP contribution in [0.4, 0.5) is 0 Å². The van der Waals surface area contributed by atoms with Gasteiger partial charge in [0.1, 0.15) is 0 Å². The minimum atomic E-state index is -0.905. The molecular formula is C20H34O6. The maximum absolute atomic E-state index is 10.5. The van der Waals surface area contributed by atoms with Gasteiger partial charge in [-0.05, 0) is 32.1 Å². The van der Waals surface area contributed by atoms with Crippen molar-refractivity contribution in [2.45, 2.75) is 95.2 Å². The number of unbranched alkanes of at least 4 members (excludes halogenated alkanes) is 3. The topological polar surface area (TPSA) is 107 Å². The molecule has 0 aromatic heterocycles. The maximum atomic E-state index is 10.5. The standard InChI is InChI=1S/C20H34O6/c1-2-3-4-5-6-7-9-15(21)12-13-16(22)19-14-17(23)18(26-19)10-8-11-20(24)25/h6-7,12-13,15-19,21-23H,2-5,8-11,14H2,1H3,(H,24,25)/b7-6-,13-12-/t15-,16+,17-,18+,19-/m1/s1. The van der Waals surface area contributed by atoms with Crippen molar-refractivity contribution in [2.75, 3.05) is 0 Å². The number of aliphatic hydroxyl groups is 3. The molecule has 5 atom stereocenters. The van der Waals surface area contributed by atoms with E-state index in [2.05, 4.69) is 13.0 Å². The van der Waals surface area contributed by atoms with Gasteiger partial charge in [-0.2, -0.15) is 0 Å². The van der Waals surface area contributed by atoms with Crippen molar-refractivity contribution in [3.8, 4) is 0 Å². The Bertz CT molecular complexity index is 448. The molecule has 1 fully saturated rings. The van der Waals surface area contributed by atoms with E-state index in [4.69, 9.17) is 9.84 Å². The lowest BCUT2D eigenvalue weighted by molar-refractivity contribution is -0.137. The highest BCUT2D eigenvalue weighted by Crippen LogP contribution is 2.27. The average molecular weight is 370 g/mol. The molecule has 0 aliphatic carbocycles. The van der Waals surface area contributed by atoms with Crippen molar-refractivity contribution >= 4 is 5.97 Å². The van der Waals surface area contributed by atoms with Crippen molar-refractivity contribution in [1.82, 2.24) is 0 Å². The van der Waals surface area contributed by atoms with Gasteiger partial charge < -0.3 is 25.2 Å². The molecule has 1 rings (SSSR count). The van der Waals surface area contributed by atoms with Crippen LogP contribution in [0.3, 0.4) is 0 Å². The van der Waals surface area contributed by atoms with Crippen LogP contribution >= 0.6 is 0 Å². The number of hydrogen-bond acceptors (Lipinski definition) is 5. The molecule has 6 heteroatoms. The zero-order chi connectivity index (χ0) is 19.4. The molecule has 1 aliphatic rings. The van der Waals surface area contributed by atoms with Crippen molar-refractivity contribution in [2.24, 2.45) is 0 Å². The van der Waals surface area contributed by atoms with Crippen LogP contribution < -0.4 is 0 Å². The molecule has 0 aromatic rings. The molecule has 6 nitrogen and oxygen atoms in total. The Morgan fingerprint density at radius 2 is 1.96 bits per heavy atom. The fourth-order valence-electron chi connectivity index (χ4n) is 3.01. The van der Waals surface area contributed by atoms with E-state index in [0.29, 0.717) is 25.7 Å². The Morgan fingerprint density at radius 1 is 1.19 bits per heavy atom. The van der Waals surface area contributed by atoms with E-state index in [-0.39, 0.29) is 6.42 Å². The zero-order valence-electron chi connectivity index (χ0n) is 15.7. The SMILES string of the molecule is CCCCC/C=C\C[C@@H](O)/C=C\[C@H](O)[C@H]1C[C@@H](O)[C@H](CCCC(=O)O)O1. The van der Waals surface area contributed by atoms with E-state index in [1.54, 1.807) is 6.08 Å². The predicted octanol–water partition coefficient (Wildman–Crippen LogP) is 2.56. The van der Waals surface area contributed by atoms with Crippen molar-refractivity contribution in [3.63, 3.8) is 0 Å². The second-order valence-corrected chi connectivity index (χ2v) is 6.95. The number of allylic oxidation sites excluding steroid dienone is 1. The Morgan fingerprint density at radius 3 is 2.65 bits per heavy atom. The van der Waals surface area contributed by atoms with Crippen molar-refractivity contribution in [1.29, 1.82) is 0 Å². The summed E-state index contributed by atoms with van der Waals surface area (Å²) in [5.74, 6) is -0.870. The third-order valence-corrected chi connectivity index (χ3v) is 4.56. The van der Waals surface area contributed by atoms with Gasteiger partial charge in [0, 0.05) is 12.8 Å². The molecular weight excluding hydrogens is 336 g/mol. The zero-order valence-corrected chi connectivity index (χ0v) is 15.7. The number of aliphatic hydroxyl groups excluding tert-OH is 3. The van der Waals surface area contributed by atoms with Gasteiger partial charge in [-0.15, -0.1) is 0 Å². The molecule has 150 valence electrons. The summed E-state index contributed by atoms with van der Waals surface area (Å²) in [6.45, 7) is 2.16. The lowest BCUT2D eigenvalue weighted by Gasteiger charge is -2.17. The van der Waals surface area contributed by atoms with Gasteiger partial charge in [0.25, 0.3) is 0 Å². The van der Waals surface area contributed by atoms with Crippen molar-refractivity contribution in [3.05, 3.63) is 24.3 Å². The van der Waals surface area contributed by atoms with Crippen LogP contribution in [-0.4, -0.2) is 56.9 Å². The number of carboxylic acid groups (broad SMARTS) is 1. The smallest absolute Gasteiger partial charge is 0.303 e. The Hall–Kier alpha value is -1.21. The summed E-state index contributed by atoms with van der Waals surface area (Å²) in [5.41, 5.74) is 0. The first kappa shape index (κ1) is 22.8. The van der Waals surface area contributed by atoms with Gasteiger partial charge in [-0.25, -0.2) is 0 Å². The minimum absolute atomic E-state index is 0.0395. The molecule has 1 heterocycles. The fraction of sp³-hybridized carbons (Fsp3) is 0.750. The van der Waals surface area contributed by atoms with E-state index in [1.807, 2.05) is 6.08 Å². The highest BCUT2D eigenvalue weighted by Gasteiger charge is 2.36. The molecule has 0 aromatic carbocycles. The molecule has 0 radical (unpaired) electrons. The molecule has 0 unspecified atom stereocenters. The van der Waals surface area contributed by atoms with Crippen molar-refractivity contribution < 1.29 is 30.0 Å². The van der Waals surface area contributed by atoms with E-state index < -0.39 is 36.5 Å². The average Bonchev–Trinajstić information content (AvgIpc) is 2.96. The van der Waals surface area contributed by atoms with Gasteiger partial charge in [0.15, 0.2) is 0 Å². The molecule has 1 aliphatic heterocycles. The monoisotopic (exact) mass is 370 g/mol. The Balaban J connectivity index is 2.29. The van der Waals surface area contributed by atoms with Gasteiger partial charge in [0.2, 0.25) is 0 Å². The number of carbonyl (C=O) groups is 1. The Kier molecular flexibility index (Phi) is 11.4. The molecule has 26 heavy (non-hydrogen) atoms. The first-order chi connectivity index (χ1) is 12.4. The molecule has 0 spiro atoms. The van der Waals surface area contributed by atoms with E-state index in [0.717, 1.165) is 12.8 Å². The molecule has 0 amide bonds. The van der Waals surface area contributed by atoms with E-state index in [9.17, 15) is 20.1 Å². The van der Waals surface area contributed by atoms with E-state index >= 15 is 0 Å². The summed E-state index contributed by atoms with van der Waals surface area (Å²) in [5, 5.41) is 38.7. The summed E-state index contributed by atoms with van der Waals surface area (Å²) in [7, 11) is 0.